The number of aromatic nitrogens is 1. The van der Waals surface area contributed by atoms with Crippen LogP contribution in [-0.4, -0.2) is 36.1 Å². The molecular formula is C18H20N4O3. The molecule has 0 aliphatic carbocycles. The topological polar surface area (TPSA) is 83.6 Å². The number of urea groups is 1. The van der Waals surface area contributed by atoms with Gasteiger partial charge in [-0.2, -0.15) is 0 Å². The number of hydrogen-bond donors (Lipinski definition) is 2. The number of nitrogens with one attached hydrogen (secondary N) is 2. The first-order valence-electron chi connectivity index (χ1n) is 8.17. The Morgan fingerprint density at radius 3 is 2.76 bits per heavy atom. The quantitative estimate of drug-likeness (QED) is 0.875. The Hall–Kier alpha value is -3.09. The number of rotatable bonds is 5. The number of benzene rings is 1. The normalized spacial score (nSPS) is 16.6. The van der Waals surface area contributed by atoms with E-state index in [1.807, 2.05) is 31.2 Å². The van der Waals surface area contributed by atoms with E-state index in [-0.39, 0.29) is 24.4 Å². The van der Waals surface area contributed by atoms with E-state index in [2.05, 4.69) is 15.6 Å². The molecule has 0 unspecified atom stereocenters. The van der Waals surface area contributed by atoms with Gasteiger partial charge in [-0.05, 0) is 43.3 Å². The van der Waals surface area contributed by atoms with Gasteiger partial charge in [0.1, 0.15) is 11.6 Å². The summed E-state index contributed by atoms with van der Waals surface area (Å²) in [5, 5.41) is 5.46. The van der Waals surface area contributed by atoms with E-state index in [1.165, 1.54) is 0 Å². The largest absolute Gasteiger partial charge is 0.494 e. The second kappa shape index (κ2) is 7.65. The highest BCUT2D eigenvalue weighted by molar-refractivity contribution is 5.97. The van der Waals surface area contributed by atoms with Crippen molar-refractivity contribution in [1.82, 2.24) is 10.3 Å². The first kappa shape index (κ1) is 16.8. The van der Waals surface area contributed by atoms with Crippen molar-refractivity contribution in [3.8, 4) is 5.75 Å². The Balaban J connectivity index is 1.57. The fourth-order valence-electron chi connectivity index (χ4n) is 2.72. The lowest BCUT2D eigenvalue weighted by Crippen LogP contribution is -2.39. The summed E-state index contributed by atoms with van der Waals surface area (Å²) in [7, 11) is 0. The fourth-order valence-corrected chi connectivity index (χ4v) is 2.72. The van der Waals surface area contributed by atoms with Gasteiger partial charge in [-0.25, -0.2) is 9.78 Å². The van der Waals surface area contributed by atoms with Crippen molar-refractivity contribution in [3.05, 3.63) is 48.7 Å². The standard InChI is InChI=1S/C18H20N4O3/c1-2-25-15-8-6-14(7-9-15)22-12-13(11-17(22)23)20-18(24)21-16-5-3-4-10-19-16/h3-10,13H,2,11-12H2,1H3,(H2,19,20,21,24)/t13-/m1/s1. The Bertz CT molecular complexity index is 734. The molecule has 0 saturated carbocycles. The predicted octanol–water partition coefficient (Wildman–Crippen LogP) is 2.41. The van der Waals surface area contributed by atoms with Gasteiger partial charge in [-0.3, -0.25) is 10.1 Å². The number of carbonyl (C=O) groups excluding carboxylic acids is 2. The molecule has 3 amide bonds. The van der Waals surface area contributed by atoms with Crippen molar-refractivity contribution in [3.63, 3.8) is 0 Å². The number of anilines is 2. The van der Waals surface area contributed by atoms with Crippen LogP contribution in [0.1, 0.15) is 13.3 Å². The summed E-state index contributed by atoms with van der Waals surface area (Å²) in [6, 6.07) is 12.0. The summed E-state index contributed by atoms with van der Waals surface area (Å²) >= 11 is 0. The lowest BCUT2D eigenvalue weighted by molar-refractivity contribution is -0.117. The fraction of sp³-hybridized carbons (Fsp3) is 0.278. The molecule has 2 aromatic rings. The highest BCUT2D eigenvalue weighted by Gasteiger charge is 2.31. The highest BCUT2D eigenvalue weighted by Crippen LogP contribution is 2.24. The molecule has 7 heteroatoms. The third kappa shape index (κ3) is 4.26. The van der Waals surface area contributed by atoms with Gasteiger partial charge in [-0.15, -0.1) is 0 Å². The molecule has 0 bridgehead atoms. The summed E-state index contributed by atoms with van der Waals surface area (Å²) in [6.45, 7) is 2.95. The van der Waals surface area contributed by atoms with Crippen LogP contribution < -0.4 is 20.3 Å². The van der Waals surface area contributed by atoms with Gasteiger partial charge in [0.05, 0.1) is 12.6 Å². The van der Waals surface area contributed by atoms with Crippen molar-refractivity contribution in [2.75, 3.05) is 23.4 Å². The molecule has 3 rings (SSSR count). The van der Waals surface area contributed by atoms with E-state index in [1.54, 1.807) is 29.3 Å². The highest BCUT2D eigenvalue weighted by atomic mass is 16.5. The average Bonchev–Trinajstić information content (AvgIpc) is 2.97. The zero-order valence-electron chi connectivity index (χ0n) is 13.9. The number of ether oxygens (including phenoxy) is 1. The second-order valence-electron chi connectivity index (χ2n) is 5.65. The summed E-state index contributed by atoms with van der Waals surface area (Å²) in [4.78, 5) is 30.0. The van der Waals surface area contributed by atoms with Crippen molar-refractivity contribution in [2.24, 2.45) is 0 Å². The maximum atomic E-state index is 12.2. The number of pyridine rings is 1. The molecule has 1 saturated heterocycles. The Morgan fingerprint density at radius 2 is 2.08 bits per heavy atom. The lowest BCUT2D eigenvalue weighted by Gasteiger charge is -2.18. The SMILES string of the molecule is CCOc1ccc(N2C[C@H](NC(=O)Nc3ccccn3)CC2=O)cc1. The molecule has 25 heavy (non-hydrogen) atoms. The van der Waals surface area contributed by atoms with Gasteiger partial charge in [0.2, 0.25) is 5.91 Å². The van der Waals surface area contributed by atoms with E-state index >= 15 is 0 Å². The molecule has 130 valence electrons. The Labute approximate surface area is 146 Å². The molecule has 2 heterocycles. The van der Waals surface area contributed by atoms with Crippen molar-refractivity contribution >= 4 is 23.4 Å². The van der Waals surface area contributed by atoms with E-state index < -0.39 is 0 Å². The number of nitrogens with zero attached hydrogens (tertiary/aromatic N) is 2. The van der Waals surface area contributed by atoms with E-state index in [4.69, 9.17) is 4.74 Å². The van der Waals surface area contributed by atoms with Crippen molar-refractivity contribution < 1.29 is 14.3 Å². The summed E-state index contributed by atoms with van der Waals surface area (Å²) in [6.07, 6.45) is 1.87. The van der Waals surface area contributed by atoms with Crippen LogP contribution >= 0.6 is 0 Å². The minimum atomic E-state index is -0.370. The zero-order chi connectivity index (χ0) is 17.6. The van der Waals surface area contributed by atoms with Gasteiger partial charge in [0.15, 0.2) is 0 Å². The van der Waals surface area contributed by atoms with Gasteiger partial charge < -0.3 is 15.0 Å². The smallest absolute Gasteiger partial charge is 0.320 e. The van der Waals surface area contributed by atoms with Crippen molar-refractivity contribution in [2.45, 2.75) is 19.4 Å². The summed E-state index contributed by atoms with van der Waals surface area (Å²) in [5.41, 5.74) is 0.794. The lowest BCUT2D eigenvalue weighted by atomic mass is 10.2. The van der Waals surface area contributed by atoms with Crippen LogP contribution in [0.15, 0.2) is 48.7 Å². The second-order valence-corrected chi connectivity index (χ2v) is 5.65. The van der Waals surface area contributed by atoms with Crippen LogP contribution in [0.3, 0.4) is 0 Å². The minimum Gasteiger partial charge on any atom is -0.494 e. The van der Waals surface area contributed by atoms with Crippen LogP contribution in [0.25, 0.3) is 0 Å². The summed E-state index contributed by atoms with van der Waals surface area (Å²) in [5.74, 6) is 1.21. The molecule has 1 aromatic heterocycles. The Morgan fingerprint density at radius 1 is 1.28 bits per heavy atom. The van der Waals surface area contributed by atoms with Crippen molar-refractivity contribution in [1.29, 1.82) is 0 Å². The first-order chi connectivity index (χ1) is 12.2. The van der Waals surface area contributed by atoms with Crippen LogP contribution in [-0.2, 0) is 4.79 Å². The van der Waals surface area contributed by atoms with E-state index in [9.17, 15) is 9.59 Å². The monoisotopic (exact) mass is 340 g/mol. The van der Waals surface area contributed by atoms with Gasteiger partial charge in [-0.1, -0.05) is 6.07 Å². The maximum Gasteiger partial charge on any atom is 0.320 e. The van der Waals surface area contributed by atoms with Gasteiger partial charge in [0, 0.05) is 24.8 Å². The first-order valence-corrected chi connectivity index (χ1v) is 8.17. The predicted molar refractivity (Wildman–Crippen MR) is 94.8 cm³/mol. The Kier molecular flexibility index (Phi) is 5.13. The molecule has 1 aromatic carbocycles. The van der Waals surface area contributed by atoms with Crippen LogP contribution in [0, 0.1) is 0 Å². The molecule has 0 spiro atoms. The van der Waals surface area contributed by atoms with E-state index in [0.717, 1.165) is 11.4 Å². The summed E-state index contributed by atoms with van der Waals surface area (Å²) < 4.78 is 5.41. The number of carbonyl (C=O) groups is 2. The average molecular weight is 340 g/mol. The molecule has 0 radical (unpaired) electrons. The maximum absolute atomic E-state index is 12.2. The molecule has 2 N–H and O–H groups in total. The molecule has 1 aliphatic heterocycles. The number of amides is 3. The number of hydrogen-bond acceptors (Lipinski definition) is 4. The molecular weight excluding hydrogens is 320 g/mol. The van der Waals surface area contributed by atoms with Crippen LogP contribution in [0.2, 0.25) is 0 Å². The minimum absolute atomic E-state index is 0.0210. The van der Waals surface area contributed by atoms with Crippen LogP contribution in [0.5, 0.6) is 5.75 Å². The molecule has 7 nitrogen and oxygen atoms in total. The third-order valence-corrected chi connectivity index (χ3v) is 3.83. The molecule has 1 atom stereocenters. The van der Waals surface area contributed by atoms with E-state index in [0.29, 0.717) is 19.0 Å². The third-order valence-electron chi connectivity index (χ3n) is 3.83. The van der Waals surface area contributed by atoms with Gasteiger partial charge in [0.25, 0.3) is 0 Å². The van der Waals surface area contributed by atoms with Crippen LogP contribution in [0.4, 0.5) is 16.3 Å². The molecule has 1 aliphatic rings. The zero-order valence-corrected chi connectivity index (χ0v) is 13.9. The molecule has 1 fully saturated rings. The van der Waals surface area contributed by atoms with Gasteiger partial charge >= 0.3 is 6.03 Å².